The zero-order chi connectivity index (χ0) is 12.0. The van der Waals surface area contributed by atoms with Crippen molar-refractivity contribution in [2.45, 2.75) is 12.8 Å². The molecule has 0 fully saturated rings. The molecule has 3 N–H and O–H groups in total. The molecule has 0 aromatic heterocycles. The summed E-state index contributed by atoms with van der Waals surface area (Å²) in [7, 11) is 0. The number of aliphatic carboxylic acids is 1. The molecular weight excluding hydrogens is 226 g/mol. The maximum absolute atomic E-state index is 10.5. The lowest BCUT2D eigenvalue weighted by Gasteiger charge is -2.01. The van der Waals surface area contributed by atoms with Gasteiger partial charge in [-0.05, 0) is 17.7 Å². The van der Waals surface area contributed by atoms with Crippen LogP contribution < -0.4 is 5.73 Å². The highest BCUT2D eigenvalue weighted by atomic mass is 35.5. The summed E-state index contributed by atoms with van der Waals surface area (Å²) in [6.07, 6.45) is 0.559. The van der Waals surface area contributed by atoms with Gasteiger partial charge in [0.2, 0.25) is 0 Å². The molecule has 0 aliphatic rings. The number of carboxylic acid groups (broad SMARTS) is 1. The molecule has 16 heavy (non-hydrogen) atoms. The summed E-state index contributed by atoms with van der Waals surface area (Å²) in [5.41, 5.74) is 6.67. The monoisotopic (exact) mass is 237 g/mol. The van der Waals surface area contributed by atoms with E-state index in [1.165, 1.54) is 0 Å². The first-order valence-electron chi connectivity index (χ1n) is 4.82. The van der Waals surface area contributed by atoms with Crippen LogP contribution in [0.1, 0.15) is 17.5 Å². The van der Waals surface area contributed by atoms with Crippen LogP contribution in [0.15, 0.2) is 18.2 Å². The first kappa shape index (κ1) is 12.6. The number of hydrogen-bond donors (Lipinski definition) is 2. The molecule has 0 saturated heterocycles. The average molecular weight is 238 g/mol. The summed E-state index contributed by atoms with van der Waals surface area (Å²) >= 11 is 5.93. The van der Waals surface area contributed by atoms with Crippen molar-refractivity contribution in [3.05, 3.63) is 34.3 Å². The predicted octanol–water partition coefficient (Wildman–Crippen LogP) is 1.67. The molecule has 0 amide bonds. The Kier molecular flexibility index (Phi) is 4.84. The summed E-state index contributed by atoms with van der Waals surface area (Å²) in [5.74, 6) is 4.89. The van der Waals surface area contributed by atoms with Gasteiger partial charge in [0.15, 0.2) is 0 Å². The van der Waals surface area contributed by atoms with Crippen molar-refractivity contribution in [2.24, 2.45) is 5.73 Å². The van der Waals surface area contributed by atoms with Gasteiger partial charge in [-0.25, -0.2) is 0 Å². The van der Waals surface area contributed by atoms with E-state index in [1.807, 2.05) is 0 Å². The summed E-state index contributed by atoms with van der Waals surface area (Å²) < 4.78 is 0. The van der Waals surface area contributed by atoms with Crippen molar-refractivity contribution in [1.29, 1.82) is 0 Å². The van der Waals surface area contributed by atoms with Crippen LogP contribution in [0.25, 0.3) is 0 Å². The van der Waals surface area contributed by atoms with Crippen molar-refractivity contribution in [1.82, 2.24) is 0 Å². The molecule has 1 aromatic rings. The molecule has 0 radical (unpaired) electrons. The number of carboxylic acids is 1. The lowest BCUT2D eigenvalue weighted by atomic mass is 10.1. The minimum Gasteiger partial charge on any atom is -0.481 e. The van der Waals surface area contributed by atoms with Gasteiger partial charge >= 0.3 is 5.97 Å². The minimum absolute atomic E-state index is 0.0741. The fraction of sp³-hybridized carbons (Fsp3) is 0.250. The van der Waals surface area contributed by atoms with E-state index in [-0.39, 0.29) is 6.42 Å². The maximum atomic E-state index is 10.5. The van der Waals surface area contributed by atoms with Crippen molar-refractivity contribution < 1.29 is 9.90 Å². The Morgan fingerprint density at radius 2 is 2.25 bits per heavy atom. The van der Waals surface area contributed by atoms with Crippen LogP contribution in [0.5, 0.6) is 0 Å². The second kappa shape index (κ2) is 6.16. The van der Waals surface area contributed by atoms with Crippen LogP contribution >= 0.6 is 11.6 Å². The third-order valence-corrected chi connectivity index (χ3v) is 2.25. The molecule has 0 heterocycles. The van der Waals surface area contributed by atoms with Crippen molar-refractivity contribution in [2.75, 3.05) is 6.54 Å². The lowest BCUT2D eigenvalue weighted by Crippen LogP contribution is -2.00. The van der Waals surface area contributed by atoms with Gasteiger partial charge in [0.25, 0.3) is 0 Å². The summed E-state index contributed by atoms with van der Waals surface area (Å²) in [4.78, 5) is 10.5. The van der Waals surface area contributed by atoms with Crippen LogP contribution in [0.3, 0.4) is 0 Å². The first-order valence-corrected chi connectivity index (χ1v) is 5.20. The molecule has 4 heteroatoms. The molecule has 1 rings (SSSR count). The van der Waals surface area contributed by atoms with Gasteiger partial charge < -0.3 is 10.8 Å². The smallest absolute Gasteiger partial charge is 0.307 e. The van der Waals surface area contributed by atoms with Gasteiger partial charge in [-0.1, -0.05) is 29.5 Å². The highest BCUT2D eigenvalue weighted by Crippen LogP contribution is 2.18. The lowest BCUT2D eigenvalue weighted by molar-refractivity contribution is -0.136. The van der Waals surface area contributed by atoms with Crippen LogP contribution in [-0.2, 0) is 11.2 Å². The number of halogens is 1. The SMILES string of the molecule is NCCC#Cc1ccc(CC(=O)O)c(Cl)c1. The highest BCUT2D eigenvalue weighted by molar-refractivity contribution is 6.31. The Hall–Kier alpha value is -1.50. The van der Waals surface area contributed by atoms with Crippen LogP contribution in [0.2, 0.25) is 5.02 Å². The largest absolute Gasteiger partial charge is 0.481 e. The molecule has 0 saturated carbocycles. The zero-order valence-corrected chi connectivity index (χ0v) is 9.42. The predicted molar refractivity (Wildman–Crippen MR) is 63.3 cm³/mol. The van der Waals surface area contributed by atoms with Gasteiger partial charge in [0.1, 0.15) is 0 Å². The van der Waals surface area contributed by atoms with Gasteiger partial charge in [-0.2, -0.15) is 0 Å². The van der Waals surface area contributed by atoms with Crippen molar-refractivity contribution in [3.8, 4) is 11.8 Å². The molecule has 3 nitrogen and oxygen atoms in total. The Morgan fingerprint density at radius 3 is 2.81 bits per heavy atom. The Morgan fingerprint density at radius 1 is 1.50 bits per heavy atom. The molecule has 0 aliphatic heterocycles. The van der Waals surface area contributed by atoms with E-state index in [0.717, 1.165) is 5.56 Å². The summed E-state index contributed by atoms with van der Waals surface area (Å²) in [6.45, 7) is 0.526. The Balaban J connectivity index is 2.83. The van der Waals surface area contributed by atoms with E-state index >= 15 is 0 Å². The van der Waals surface area contributed by atoms with Crippen LogP contribution in [-0.4, -0.2) is 17.6 Å². The molecule has 1 aromatic carbocycles. The molecule has 0 bridgehead atoms. The third-order valence-electron chi connectivity index (χ3n) is 1.90. The molecule has 0 atom stereocenters. The zero-order valence-electron chi connectivity index (χ0n) is 8.66. The Labute approximate surface area is 99.2 Å². The number of benzene rings is 1. The van der Waals surface area contributed by atoms with E-state index in [0.29, 0.717) is 23.6 Å². The van der Waals surface area contributed by atoms with E-state index < -0.39 is 5.97 Å². The average Bonchev–Trinajstić information content (AvgIpc) is 2.22. The van der Waals surface area contributed by atoms with Crippen molar-refractivity contribution >= 4 is 17.6 Å². The van der Waals surface area contributed by atoms with Gasteiger partial charge in [-0.15, -0.1) is 0 Å². The fourth-order valence-electron chi connectivity index (χ4n) is 1.17. The molecule has 0 unspecified atom stereocenters. The van der Waals surface area contributed by atoms with Gasteiger partial charge in [0.05, 0.1) is 6.42 Å². The number of carbonyl (C=O) groups is 1. The standard InChI is InChI=1S/C12H12ClNO2/c13-11-7-9(3-1-2-6-14)4-5-10(11)8-12(15)16/h4-5,7H,2,6,8,14H2,(H,15,16). The van der Waals surface area contributed by atoms with Crippen LogP contribution in [0, 0.1) is 11.8 Å². The summed E-state index contributed by atoms with van der Waals surface area (Å²) in [5, 5.41) is 9.07. The topological polar surface area (TPSA) is 63.3 Å². The minimum atomic E-state index is -0.899. The van der Waals surface area contributed by atoms with E-state index in [2.05, 4.69) is 11.8 Å². The van der Waals surface area contributed by atoms with Crippen molar-refractivity contribution in [3.63, 3.8) is 0 Å². The second-order valence-electron chi connectivity index (χ2n) is 3.22. The van der Waals surface area contributed by atoms with Crippen LogP contribution in [0.4, 0.5) is 0 Å². The molecule has 0 aliphatic carbocycles. The summed E-state index contributed by atoms with van der Waals surface area (Å²) in [6, 6.07) is 5.11. The third kappa shape index (κ3) is 3.93. The molecule has 84 valence electrons. The van der Waals surface area contributed by atoms with Gasteiger partial charge in [0, 0.05) is 23.6 Å². The quantitative estimate of drug-likeness (QED) is 0.786. The molecular formula is C12H12ClNO2. The fourth-order valence-corrected chi connectivity index (χ4v) is 1.42. The van der Waals surface area contributed by atoms with E-state index in [1.54, 1.807) is 18.2 Å². The first-order chi connectivity index (χ1) is 7.63. The second-order valence-corrected chi connectivity index (χ2v) is 3.62. The maximum Gasteiger partial charge on any atom is 0.307 e. The highest BCUT2D eigenvalue weighted by Gasteiger charge is 2.05. The Bertz CT molecular complexity index is 446. The number of hydrogen-bond acceptors (Lipinski definition) is 2. The normalized spacial score (nSPS) is 9.38. The van der Waals surface area contributed by atoms with E-state index in [4.69, 9.17) is 22.4 Å². The van der Waals surface area contributed by atoms with E-state index in [9.17, 15) is 4.79 Å². The van der Waals surface area contributed by atoms with Gasteiger partial charge in [-0.3, -0.25) is 4.79 Å². The number of nitrogens with two attached hydrogens (primary N) is 1. The molecule has 0 spiro atoms. The number of rotatable bonds is 3.